The maximum atomic E-state index is 14.2. The summed E-state index contributed by atoms with van der Waals surface area (Å²) in [5.41, 5.74) is 4.89. The van der Waals surface area contributed by atoms with Gasteiger partial charge in [0, 0.05) is 12.7 Å². The number of primary amides is 1. The van der Waals surface area contributed by atoms with Crippen molar-refractivity contribution in [2.24, 2.45) is 17.6 Å². The van der Waals surface area contributed by atoms with E-state index in [1.165, 1.54) is 6.07 Å². The molecule has 3 rings (SSSR count). The maximum Gasteiger partial charge on any atom is 0.416 e. The van der Waals surface area contributed by atoms with Gasteiger partial charge in [0.05, 0.1) is 28.7 Å². The summed E-state index contributed by atoms with van der Waals surface area (Å²) < 4.78 is 52.5. The van der Waals surface area contributed by atoms with Crippen LogP contribution in [0.2, 0.25) is 0 Å². The Hall–Kier alpha value is -3.63. The van der Waals surface area contributed by atoms with Crippen LogP contribution in [0.5, 0.6) is 0 Å². The van der Waals surface area contributed by atoms with Crippen LogP contribution in [0.1, 0.15) is 46.7 Å². The lowest BCUT2D eigenvalue weighted by Crippen LogP contribution is -2.40. The second kappa shape index (κ2) is 9.70. The van der Waals surface area contributed by atoms with Crippen molar-refractivity contribution in [3.05, 3.63) is 58.9 Å². The second-order valence-corrected chi connectivity index (χ2v) is 8.11. The first kappa shape index (κ1) is 25.0. The molecule has 0 heterocycles. The van der Waals surface area contributed by atoms with E-state index in [9.17, 15) is 37.1 Å². The molecule has 2 aromatic carbocycles. The van der Waals surface area contributed by atoms with Crippen LogP contribution in [0.25, 0.3) is 0 Å². The lowest BCUT2D eigenvalue weighted by Gasteiger charge is -2.35. The summed E-state index contributed by atoms with van der Waals surface area (Å²) in [6.07, 6.45) is -3.66. The number of alkyl halides is 3. The number of hydrogen-bond acceptors (Lipinski definition) is 4. The van der Waals surface area contributed by atoms with Gasteiger partial charge in [-0.15, -0.1) is 0 Å². The van der Waals surface area contributed by atoms with Crippen LogP contribution in [-0.2, 0) is 15.8 Å². The number of carbonyl (C=O) groups is 3. The van der Waals surface area contributed by atoms with Crippen molar-refractivity contribution >= 4 is 29.2 Å². The van der Waals surface area contributed by atoms with Crippen molar-refractivity contribution in [3.8, 4) is 0 Å². The molecule has 1 fully saturated rings. The van der Waals surface area contributed by atoms with Gasteiger partial charge in [0.15, 0.2) is 0 Å². The van der Waals surface area contributed by atoms with E-state index in [1.807, 2.05) is 0 Å². The van der Waals surface area contributed by atoms with E-state index >= 15 is 0 Å². The van der Waals surface area contributed by atoms with Crippen LogP contribution < -0.4 is 16.4 Å². The van der Waals surface area contributed by atoms with E-state index in [4.69, 9.17) is 5.73 Å². The van der Waals surface area contributed by atoms with E-state index in [-0.39, 0.29) is 18.1 Å². The molecule has 1 saturated carbocycles. The Bertz CT molecular complexity index is 1120. The molecular weight excluding hydrogens is 458 g/mol. The van der Waals surface area contributed by atoms with Crippen LogP contribution in [0.15, 0.2) is 36.4 Å². The molecule has 0 unspecified atom stereocenters. The summed E-state index contributed by atoms with van der Waals surface area (Å²) in [4.78, 5) is 36.9. The zero-order valence-electron chi connectivity index (χ0n) is 18.1. The van der Waals surface area contributed by atoms with Gasteiger partial charge in [-0.3, -0.25) is 14.4 Å². The summed E-state index contributed by atoms with van der Waals surface area (Å²) in [6, 6.07) is 6.42. The lowest BCUT2D eigenvalue weighted by atomic mass is 9.68. The van der Waals surface area contributed by atoms with Crippen LogP contribution in [0.4, 0.5) is 28.9 Å². The fourth-order valence-corrected chi connectivity index (χ4v) is 4.44. The zero-order valence-corrected chi connectivity index (χ0v) is 18.1. The number of nitrogens with two attached hydrogens (primary N) is 1. The largest absolute Gasteiger partial charge is 0.481 e. The molecule has 0 aromatic heterocycles. The maximum absolute atomic E-state index is 14.2. The number of nitrogens with one attached hydrogen (secondary N) is 2. The van der Waals surface area contributed by atoms with Gasteiger partial charge >= 0.3 is 12.1 Å². The van der Waals surface area contributed by atoms with Crippen LogP contribution in [-0.4, -0.2) is 29.9 Å². The van der Waals surface area contributed by atoms with E-state index in [1.54, 1.807) is 19.2 Å². The van der Waals surface area contributed by atoms with E-state index in [0.29, 0.717) is 30.2 Å². The Morgan fingerprint density at radius 2 is 1.74 bits per heavy atom. The van der Waals surface area contributed by atoms with Crippen molar-refractivity contribution in [2.45, 2.75) is 31.4 Å². The number of rotatable bonds is 6. The predicted octanol–water partition coefficient (Wildman–Crippen LogP) is 4.21. The van der Waals surface area contributed by atoms with E-state index in [2.05, 4.69) is 10.6 Å². The highest BCUT2D eigenvalue weighted by Crippen LogP contribution is 2.43. The Labute approximate surface area is 192 Å². The topological polar surface area (TPSA) is 122 Å². The minimum Gasteiger partial charge on any atom is -0.481 e. The Morgan fingerprint density at radius 1 is 1.06 bits per heavy atom. The third-order valence-electron chi connectivity index (χ3n) is 6.08. The number of benzene rings is 2. The van der Waals surface area contributed by atoms with Gasteiger partial charge in [-0.1, -0.05) is 12.5 Å². The summed E-state index contributed by atoms with van der Waals surface area (Å²) in [5.74, 6) is -6.96. The molecule has 7 nitrogen and oxygen atoms in total. The summed E-state index contributed by atoms with van der Waals surface area (Å²) in [5, 5.41) is 15.0. The molecule has 1 aliphatic rings. The van der Waals surface area contributed by atoms with Crippen LogP contribution in [0, 0.1) is 17.7 Å². The number of anilines is 2. The van der Waals surface area contributed by atoms with Crippen molar-refractivity contribution in [1.82, 2.24) is 0 Å². The fourth-order valence-electron chi connectivity index (χ4n) is 4.44. The third kappa shape index (κ3) is 5.13. The van der Waals surface area contributed by atoms with Gasteiger partial charge in [0.1, 0.15) is 5.82 Å². The molecular formula is C23H23F4N3O4. The first-order chi connectivity index (χ1) is 15.9. The number of hydrogen-bond donors (Lipinski definition) is 4. The highest BCUT2D eigenvalue weighted by Gasteiger charge is 2.43. The molecule has 5 N–H and O–H groups in total. The molecule has 0 saturated heterocycles. The van der Waals surface area contributed by atoms with Gasteiger partial charge in [-0.25, -0.2) is 4.39 Å². The molecule has 34 heavy (non-hydrogen) atoms. The van der Waals surface area contributed by atoms with Crippen molar-refractivity contribution in [2.75, 3.05) is 17.7 Å². The number of halogens is 4. The van der Waals surface area contributed by atoms with Gasteiger partial charge in [0.25, 0.3) is 5.91 Å². The van der Waals surface area contributed by atoms with Gasteiger partial charge in [-0.2, -0.15) is 13.2 Å². The Morgan fingerprint density at radius 3 is 2.29 bits per heavy atom. The van der Waals surface area contributed by atoms with Crippen molar-refractivity contribution < 1.29 is 37.1 Å². The molecule has 11 heteroatoms. The van der Waals surface area contributed by atoms with Crippen molar-refractivity contribution in [3.63, 3.8) is 0 Å². The Balaban J connectivity index is 1.89. The van der Waals surface area contributed by atoms with Crippen LogP contribution in [0.3, 0.4) is 0 Å². The monoisotopic (exact) mass is 481 g/mol. The highest BCUT2D eigenvalue weighted by molar-refractivity contribution is 5.99. The lowest BCUT2D eigenvalue weighted by molar-refractivity contribution is -0.148. The predicted molar refractivity (Wildman–Crippen MR) is 116 cm³/mol. The molecule has 0 radical (unpaired) electrons. The van der Waals surface area contributed by atoms with Gasteiger partial charge in [-0.05, 0) is 54.7 Å². The number of aliphatic carboxylic acids is 1. The number of amides is 2. The van der Waals surface area contributed by atoms with Gasteiger partial charge in [0.2, 0.25) is 5.91 Å². The highest BCUT2D eigenvalue weighted by atomic mass is 19.4. The minimum atomic E-state index is -4.75. The number of carboxylic acid groups (broad SMARTS) is 1. The molecule has 0 aliphatic heterocycles. The standard InChI is InChI=1S/C23H23F4N3O4/c1-29-17-7-5-11(9-15(17)20(28)31)13-3-2-4-14(19(13)22(33)34)21(32)30-18-8-6-12(10-16(18)24)23(25,26)27/h5-10,13-14,19,29H,2-4H2,1H3,(H2,28,31)(H,30,32)(H,33,34)/t13-,14-,19-/m1/s1. The number of carbonyl (C=O) groups excluding carboxylic acids is 2. The number of carboxylic acids is 1. The first-order valence-electron chi connectivity index (χ1n) is 10.5. The average Bonchev–Trinajstić information content (AvgIpc) is 2.78. The summed E-state index contributed by atoms with van der Waals surface area (Å²) >= 11 is 0. The molecule has 1 aliphatic carbocycles. The summed E-state index contributed by atoms with van der Waals surface area (Å²) in [7, 11) is 1.60. The molecule has 0 spiro atoms. The molecule has 3 atom stereocenters. The molecule has 2 aromatic rings. The smallest absolute Gasteiger partial charge is 0.416 e. The third-order valence-corrected chi connectivity index (χ3v) is 6.08. The average molecular weight is 481 g/mol. The summed E-state index contributed by atoms with van der Waals surface area (Å²) in [6.45, 7) is 0. The molecule has 0 bridgehead atoms. The SMILES string of the molecule is CNc1ccc([C@H]2CCC[C@@H](C(=O)Nc3ccc(C(F)(F)F)cc3F)[C@@H]2C(=O)O)cc1C(N)=O. The van der Waals surface area contributed by atoms with Crippen LogP contribution >= 0.6 is 0 Å². The fraction of sp³-hybridized carbons (Fsp3) is 0.348. The minimum absolute atomic E-state index is 0.169. The zero-order chi connectivity index (χ0) is 25.2. The molecule has 182 valence electrons. The Kier molecular flexibility index (Phi) is 7.13. The molecule has 2 amide bonds. The second-order valence-electron chi connectivity index (χ2n) is 8.11. The van der Waals surface area contributed by atoms with Gasteiger partial charge < -0.3 is 21.5 Å². The quantitative estimate of drug-likeness (QED) is 0.461. The van der Waals surface area contributed by atoms with E-state index < -0.39 is 58.8 Å². The normalized spacial score (nSPS) is 20.4. The van der Waals surface area contributed by atoms with Crippen molar-refractivity contribution in [1.29, 1.82) is 0 Å². The first-order valence-corrected chi connectivity index (χ1v) is 10.5. The van der Waals surface area contributed by atoms with E-state index in [0.717, 1.165) is 6.07 Å².